The monoisotopic (exact) mass is 363 g/mol. The number of halogens is 1. The summed E-state index contributed by atoms with van der Waals surface area (Å²) in [6, 6.07) is 13.9. The summed E-state index contributed by atoms with van der Waals surface area (Å²) in [5.74, 6) is -0.818. The molecule has 2 aromatic carbocycles. The topological polar surface area (TPSA) is 71.1 Å². The van der Waals surface area contributed by atoms with Gasteiger partial charge in [0.25, 0.3) is 11.8 Å². The maximum absolute atomic E-state index is 13.0. The van der Waals surface area contributed by atoms with Crippen molar-refractivity contribution >= 4 is 23.3 Å². The molecule has 0 aliphatic carbocycles. The Hall–Kier alpha value is -3.54. The molecule has 5 nitrogen and oxygen atoms in total. The molecule has 3 aromatic rings. The number of carbonyl (C=O) groups is 2. The Morgan fingerprint density at radius 1 is 0.852 bits per heavy atom. The van der Waals surface area contributed by atoms with E-state index in [0.29, 0.717) is 22.6 Å². The number of carbonyl (C=O) groups excluding carboxylic acids is 2. The van der Waals surface area contributed by atoms with Gasteiger partial charge >= 0.3 is 0 Å². The average molecular weight is 363 g/mol. The molecule has 1 heterocycles. The largest absolute Gasteiger partial charge is 0.321 e. The lowest BCUT2D eigenvalue weighted by Crippen LogP contribution is -2.19. The van der Waals surface area contributed by atoms with Crippen LogP contribution in [0.5, 0.6) is 0 Å². The third-order valence-corrected chi connectivity index (χ3v) is 3.93. The zero-order valence-electron chi connectivity index (χ0n) is 14.9. The van der Waals surface area contributed by atoms with Crippen molar-refractivity contribution in [3.05, 3.63) is 88.9 Å². The van der Waals surface area contributed by atoms with Crippen LogP contribution < -0.4 is 10.6 Å². The molecule has 3 rings (SSSR count). The number of amides is 2. The van der Waals surface area contributed by atoms with Gasteiger partial charge < -0.3 is 10.6 Å². The summed E-state index contributed by atoms with van der Waals surface area (Å²) in [6.45, 7) is 3.76. The Balaban J connectivity index is 1.83. The summed E-state index contributed by atoms with van der Waals surface area (Å²) in [7, 11) is 0. The van der Waals surface area contributed by atoms with Crippen molar-refractivity contribution in [3.8, 4) is 0 Å². The molecule has 0 aliphatic rings. The molecular formula is C21H18FN3O2. The highest BCUT2D eigenvalue weighted by atomic mass is 19.1. The molecule has 0 spiro atoms. The maximum atomic E-state index is 13.0. The van der Waals surface area contributed by atoms with Crippen molar-refractivity contribution < 1.29 is 14.0 Å². The number of aromatic nitrogens is 1. The van der Waals surface area contributed by atoms with Crippen LogP contribution in [0, 0.1) is 19.7 Å². The van der Waals surface area contributed by atoms with Gasteiger partial charge in [0.05, 0.1) is 11.3 Å². The van der Waals surface area contributed by atoms with Gasteiger partial charge in [-0.25, -0.2) is 9.37 Å². The van der Waals surface area contributed by atoms with Crippen molar-refractivity contribution in [2.24, 2.45) is 0 Å². The van der Waals surface area contributed by atoms with Crippen LogP contribution in [0.2, 0.25) is 0 Å². The smallest absolute Gasteiger partial charge is 0.258 e. The Morgan fingerprint density at radius 2 is 1.56 bits per heavy atom. The number of rotatable bonds is 4. The highest BCUT2D eigenvalue weighted by molar-refractivity contribution is 6.12. The fourth-order valence-electron chi connectivity index (χ4n) is 2.48. The minimum Gasteiger partial charge on any atom is -0.321 e. The fourth-order valence-corrected chi connectivity index (χ4v) is 2.48. The Labute approximate surface area is 156 Å². The van der Waals surface area contributed by atoms with E-state index in [4.69, 9.17) is 0 Å². The quantitative estimate of drug-likeness (QED) is 0.724. The van der Waals surface area contributed by atoms with Crippen LogP contribution in [0.25, 0.3) is 0 Å². The number of aryl methyl sites for hydroxylation is 2. The van der Waals surface area contributed by atoms with E-state index in [2.05, 4.69) is 15.6 Å². The van der Waals surface area contributed by atoms with Crippen LogP contribution >= 0.6 is 0 Å². The molecule has 0 aliphatic heterocycles. The predicted octanol–water partition coefficient (Wildman–Crippen LogP) is 4.34. The first-order valence-electron chi connectivity index (χ1n) is 8.34. The zero-order valence-corrected chi connectivity index (χ0v) is 14.9. The van der Waals surface area contributed by atoms with Crippen LogP contribution in [0.3, 0.4) is 0 Å². The van der Waals surface area contributed by atoms with E-state index in [1.165, 1.54) is 24.3 Å². The Morgan fingerprint density at radius 3 is 2.22 bits per heavy atom. The van der Waals surface area contributed by atoms with E-state index in [0.717, 1.165) is 11.1 Å². The molecule has 0 bridgehead atoms. The lowest BCUT2D eigenvalue weighted by molar-refractivity contribution is 0.102. The SMILES string of the molecule is Cc1ccc(NC(=O)c2cc(C)ccc2NC(=O)c2ccc(F)cc2)nc1. The Bertz CT molecular complexity index is 983. The third kappa shape index (κ3) is 4.55. The first-order chi connectivity index (χ1) is 12.9. The van der Waals surface area contributed by atoms with Gasteiger partial charge in [-0.15, -0.1) is 0 Å². The molecule has 0 saturated heterocycles. The van der Waals surface area contributed by atoms with E-state index in [1.807, 2.05) is 19.9 Å². The van der Waals surface area contributed by atoms with Gasteiger partial charge in [0, 0.05) is 11.8 Å². The summed E-state index contributed by atoms with van der Waals surface area (Å²) in [4.78, 5) is 29.2. The number of benzene rings is 2. The van der Waals surface area contributed by atoms with Crippen LogP contribution in [0.4, 0.5) is 15.9 Å². The van der Waals surface area contributed by atoms with Crippen LogP contribution in [-0.4, -0.2) is 16.8 Å². The van der Waals surface area contributed by atoms with Gasteiger partial charge in [0.1, 0.15) is 11.6 Å². The first-order valence-corrected chi connectivity index (χ1v) is 8.34. The molecule has 0 saturated carbocycles. The maximum Gasteiger partial charge on any atom is 0.258 e. The number of anilines is 2. The van der Waals surface area contributed by atoms with Crippen molar-refractivity contribution in [1.29, 1.82) is 0 Å². The van der Waals surface area contributed by atoms with E-state index in [-0.39, 0.29) is 5.91 Å². The molecular weight excluding hydrogens is 345 g/mol. The Kier molecular flexibility index (Phi) is 5.26. The van der Waals surface area contributed by atoms with Crippen molar-refractivity contribution in [2.45, 2.75) is 13.8 Å². The second-order valence-electron chi connectivity index (χ2n) is 6.18. The van der Waals surface area contributed by atoms with E-state index < -0.39 is 11.7 Å². The standard InChI is InChI=1S/C21H18FN3O2/c1-13-3-9-18(24-20(26)15-5-7-16(22)8-6-15)17(11-13)21(27)25-19-10-4-14(2)12-23-19/h3-12H,1-2H3,(H,24,26)(H,23,25,27). The zero-order chi connectivity index (χ0) is 19.4. The van der Waals surface area contributed by atoms with Gasteiger partial charge in [-0.05, 0) is 61.9 Å². The highest BCUT2D eigenvalue weighted by Gasteiger charge is 2.15. The molecule has 136 valence electrons. The van der Waals surface area contributed by atoms with Gasteiger partial charge in [-0.3, -0.25) is 9.59 Å². The number of nitrogens with one attached hydrogen (secondary N) is 2. The molecule has 0 unspecified atom stereocenters. The summed E-state index contributed by atoms with van der Waals surface area (Å²) in [5.41, 5.74) is 2.82. The number of hydrogen-bond acceptors (Lipinski definition) is 3. The van der Waals surface area contributed by atoms with Crippen molar-refractivity contribution in [1.82, 2.24) is 4.98 Å². The van der Waals surface area contributed by atoms with Gasteiger partial charge in [-0.1, -0.05) is 17.7 Å². The number of pyridine rings is 1. The molecule has 27 heavy (non-hydrogen) atoms. The summed E-state index contributed by atoms with van der Waals surface area (Å²) in [6.07, 6.45) is 1.66. The van der Waals surface area contributed by atoms with Gasteiger partial charge in [0.15, 0.2) is 0 Å². The molecule has 2 N–H and O–H groups in total. The summed E-state index contributed by atoms with van der Waals surface area (Å²) in [5, 5.41) is 5.43. The molecule has 0 fully saturated rings. The highest BCUT2D eigenvalue weighted by Crippen LogP contribution is 2.20. The lowest BCUT2D eigenvalue weighted by Gasteiger charge is -2.12. The minimum atomic E-state index is -0.429. The van der Waals surface area contributed by atoms with E-state index >= 15 is 0 Å². The molecule has 0 atom stereocenters. The van der Waals surface area contributed by atoms with Crippen LogP contribution in [-0.2, 0) is 0 Å². The summed E-state index contributed by atoms with van der Waals surface area (Å²) < 4.78 is 13.0. The molecule has 2 amide bonds. The third-order valence-electron chi connectivity index (χ3n) is 3.93. The number of nitrogens with zero attached hydrogens (tertiary/aromatic N) is 1. The normalized spacial score (nSPS) is 10.3. The predicted molar refractivity (Wildman–Crippen MR) is 102 cm³/mol. The van der Waals surface area contributed by atoms with Crippen molar-refractivity contribution in [3.63, 3.8) is 0 Å². The average Bonchev–Trinajstić information content (AvgIpc) is 2.65. The minimum absolute atomic E-state index is 0.295. The second kappa shape index (κ2) is 7.78. The fraction of sp³-hybridized carbons (Fsp3) is 0.0952. The van der Waals surface area contributed by atoms with Gasteiger partial charge in [0.2, 0.25) is 0 Å². The van der Waals surface area contributed by atoms with E-state index in [9.17, 15) is 14.0 Å². The lowest BCUT2D eigenvalue weighted by atomic mass is 10.1. The second-order valence-corrected chi connectivity index (χ2v) is 6.18. The van der Waals surface area contributed by atoms with Crippen LogP contribution in [0.1, 0.15) is 31.8 Å². The number of hydrogen-bond donors (Lipinski definition) is 2. The van der Waals surface area contributed by atoms with Gasteiger partial charge in [-0.2, -0.15) is 0 Å². The summed E-state index contributed by atoms with van der Waals surface area (Å²) >= 11 is 0. The molecule has 6 heteroatoms. The molecule has 0 radical (unpaired) electrons. The van der Waals surface area contributed by atoms with Crippen LogP contribution in [0.15, 0.2) is 60.8 Å². The van der Waals surface area contributed by atoms with Crippen molar-refractivity contribution in [2.75, 3.05) is 10.6 Å². The van der Waals surface area contributed by atoms with E-state index in [1.54, 1.807) is 30.5 Å². The molecule has 1 aromatic heterocycles. The first kappa shape index (κ1) is 18.3.